The summed E-state index contributed by atoms with van der Waals surface area (Å²) in [6, 6.07) is 15.0. The van der Waals surface area contributed by atoms with Crippen LogP contribution in [0.5, 0.6) is 0 Å². The van der Waals surface area contributed by atoms with Gasteiger partial charge in [-0.1, -0.05) is 23.4 Å². The first-order valence-electron chi connectivity index (χ1n) is 9.39. The highest BCUT2D eigenvalue weighted by Crippen LogP contribution is 2.26. The number of benzene rings is 2. The molecule has 9 heteroatoms. The molecule has 4 aromatic rings. The molecule has 0 bridgehead atoms. The highest BCUT2D eigenvalue weighted by molar-refractivity contribution is 5.80. The highest BCUT2D eigenvalue weighted by atomic mass is 19.2. The van der Waals surface area contributed by atoms with Crippen LogP contribution in [0.4, 0.5) is 8.78 Å². The van der Waals surface area contributed by atoms with E-state index in [1.165, 1.54) is 12.1 Å². The maximum Gasteiger partial charge on any atom is 0.169 e. The number of aromatic nitrogens is 3. The number of imidazole rings is 1. The predicted octanol–water partition coefficient (Wildman–Crippen LogP) is 4.23. The van der Waals surface area contributed by atoms with Crippen LogP contribution >= 0.6 is 0 Å². The molecule has 0 aliphatic carbocycles. The van der Waals surface area contributed by atoms with Crippen molar-refractivity contribution >= 4 is 6.21 Å². The van der Waals surface area contributed by atoms with Gasteiger partial charge in [0.15, 0.2) is 17.4 Å². The van der Waals surface area contributed by atoms with E-state index in [-0.39, 0.29) is 11.4 Å². The third-order valence-electron chi connectivity index (χ3n) is 4.88. The van der Waals surface area contributed by atoms with Gasteiger partial charge in [-0.2, -0.15) is 10.4 Å². The third kappa shape index (κ3) is 3.55. The molecule has 5 rings (SSSR count). The van der Waals surface area contributed by atoms with Gasteiger partial charge in [-0.15, -0.1) is 0 Å². The first-order chi connectivity index (χ1) is 15.1. The molecule has 2 aromatic carbocycles. The summed E-state index contributed by atoms with van der Waals surface area (Å²) in [6.45, 7) is 0.705. The molecular formula is C22H14F2N6O. The zero-order chi connectivity index (χ0) is 21.4. The molecule has 0 radical (unpaired) electrons. The van der Waals surface area contributed by atoms with E-state index in [1.54, 1.807) is 35.5 Å². The Morgan fingerprint density at radius 1 is 1.16 bits per heavy atom. The van der Waals surface area contributed by atoms with E-state index in [4.69, 9.17) is 9.78 Å². The fraction of sp³-hybridized carbons (Fsp3) is 0.0909. The molecule has 152 valence electrons. The Kier molecular flexibility index (Phi) is 4.52. The van der Waals surface area contributed by atoms with Crippen LogP contribution in [0.3, 0.4) is 0 Å². The lowest BCUT2D eigenvalue weighted by molar-refractivity contribution is 0.229. The third-order valence-corrected chi connectivity index (χ3v) is 4.88. The minimum absolute atomic E-state index is 0.0637. The summed E-state index contributed by atoms with van der Waals surface area (Å²) in [5.41, 5.74) is 3.31. The van der Waals surface area contributed by atoms with Crippen LogP contribution in [0, 0.1) is 23.0 Å². The van der Waals surface area contributed by atoms with E-state index in [0.29, 0.717) is 41.5 Å². The summed E-state index contributed by atoms with van der Waals surface area (Å²) in [5.74, 6) is -1.04. The van der Waals surface area contributed by atoms with Crippen molar-refractivity contribution in [3.05, 3.63) is 82.9 Å². The number of fused-ring (bicyclic) bond motifs is 1. The van der Waals surface area contributed by atoms with E-state index < -0.39 is 11.6 Å². The minimum Gasteiger partial charge on any atom is -0.359 e. The van der Waals surface area contributed by atoms with Crippen LogP contribution < -0.4 is 0 Å². The lowest BCUT2D eigenvalue weighted by Crippen LogP contribution is -2.21. The number of nitrogens with one attached hydrogen (secondary N) is 1. The Bertz CT molecular complexity index is 1350. The Morgan fingerprint density at radius 2 is 2.03 bits per heavy atom. The summed E-state index contributed by atoms with van der Waals surface area (Å²) in [6.07, 6.45) is 1.58. The van der Waals surface area contributed by atoms with Gasteiger partial charge in [0, 0.05) is 11.6 Å². The zero-order valence-corrected chi connectivity index (χ0v) is 16.0. The number of hydrazone groups is 1. The number of H-pyrrole nitrogens is 1. The summed E-state index contributed by atoms with van der Waals surface area (Å²) in [4.78, 5) is 7.40. The molecule has 1 aliphatic rings. The van der Waals surface area contributed by atoms with Crippen molar-refractivity contribution in [2.24, 2.45) is 5.10 Å². The number of hydrogen-bond acceptors (Lipinski definition) is 6. The molecule has 0 saturated heterocycles. The predicted molar refractivity (Wildman–Crippen MR) is 107 cm³/mol. The van der Waals surface area contributed by atoms with Crippen molar-refractivity contribution in [3.63, 3.8) is 0 Å². The Hall–Kier alpha value is -4.32. The van der Waals surface area contributed by atoms with Gasteiger partial charge in [0.1, 0.15) is 11.5 Å². The largest absolute Gasteiger partial charge is 0.359 e. The standard InChI is InChI=1S/C22H14F2N6O/c23-17-6-2-5-16(21(17)24)22-27-19-10-26-30(12-20(19)28-22)11-15-8-18(29-31-15)14-4-1-3-13(7-14)9-25/h1-8,10H,11-12H2,(H,27,28). The minimum atomic E-state index is -0.947. The van der Waals surface area contributed by atoms with Crippen molar-refractivity contribution in [2.45, 2.75) is 13.1 Å². The molecule has 0 unspecified atom stereocenters. The summed E-state index contributed by atoms with van der Waals surface area (Å²) >= 11 is 0. The second-order valence-electron chi connectivity index (χ2n) is 6.99. The monoisotopic (exact) mass is 416 g/mol. The van der Waals surface area contributed by atoms with Crippen LogP contribution in [0.25, 0.3) is 22.6 Å². The van der Waals surface area contributed by atoms with E-state index in [2.05, 4.69) is 26.3 Å². The molecule has 0 fully saturated rings. The number of nitriles is 1. The number of hydrogen-bond donors (Lipinski definition) is 1. The second-order valence-corrected chi connectivity index (χ2v) is 6.99. The Labute approximate surface area is 175 Å². The summed E-state index contributed by atoms with van der Waals surface area (Å²) in [5, 5.41) is 19.2. The van der Waals surface area contributed by atoms with E-state index in [9.17, 15) is 8.78 Å². The van der Waals surface area contributed by atoms with E-state index >= 15 is 0 Å². The fourth-order valence-corrected chi connectivity index (χ4v) is 3.37. The van der Waals surface area contributed by atoms with Gasteiger partial charge in [-0.25, -0.2) is 13.8 Å². The number of rotatable bonds is 4. The molecule has 0 saturated carbocycles. The van der Waals surface area contributed by atoms with E-state index in [1.807, 2.05) is 6.07 Å². The molecule has 1 N–H and O–H groups in total. The van der Waals surface area contributed by atoms with Crippen molar-refractivity contribution in [1.29, 1.82) is 5.26 Å². The number of halogens is 2. The molecule has 1 aliphatic heterocycles. The van der Waals surface area contributed by atoms with Gasteiger partial charge >= 0.3 is 0 Å². The van der Waals surface area contributed by atoms with Crippen LogP contribution in [0.2, 0.25) is 0 Å². The lowest BCUT2D eigenvalue weighted by atomic mass is 10.1. The number of nitrogens with zero attached hydrogens (tertiary/aromatic N) is 5. The quantitative estimate of drug-likeness (QED) is 0.537. The van der Waals surface area contributed by atoms with Gasteiger partial charge < -0.3 is 9.51 Å². The maximum atomic E-state index is 14.1. The Balaban J connectivity index is 1.33. The molecule has 0 atom stereocenters. The molecule has 7 nitrogen and oxygen atoms in total. The average Bonchev–Trinajstić information content (AvgIpc) is 3.42. The lowest BCUT2D eigenvalue weighted by Gasteiger charge is -2.19. The molecule has 0 amide bonds. The first-order valence-corrected chi connectivity index (χ1v) is 9.39. The van der Waals surface area contributed by atoms with Gasteiger partial charge in [-0.05, 0) is 24.3 Å². The number of aromatic amines is 1. The SMILES string of the molecule is N#Cc1cccc(-c2cc(CN3Cc4nc(-c5cccc(F)c5F)[nH]c4C=N3)on2)c1. The molecule has 2 aromatic heterocycles. The van der Waals surface area contributed by atoms with Crippen LogP contribution in [0.1, 0.15) is 22.7 Å². The van der Waals surface area contributed by atoms with Crippen molar-refractivity contribution < 1.29 is 13.3 Å². The smallest absolute Gasteiger partial charge is 0.169 e. The fourth-order valence-electron chi connectivity index (χ4n) is 3.37. The van der Waals surface area contributed by atoms with Crippen LogP contribution in [-0.4, -0.2) is 26.3 Å². The summed E-state index contributed by atoms with van der Waals surface area (Å²) < 4.78 is 33.0. The topological polar surface area (TPSA) is 94.1 Å². The van der Waals surface area contributed by atoms with Gasteiger partial charge in [0.25, 0.3) is 0 Å². The average molecular weight is 416 g/mol. The molecule has 3 heterocycles. The van der Waals surface area contributed by atoms with Gasteiger partial charge in [0.2, 0.25) is 0 Å². The van der Waals surface area contributed by atoms with E-state index in [0.717, 1.165) is 11.6 Å². The van der Waals surface area contributed by atoms with Crippen LogP contribution in [0.15, 0.2) is 58.2 Å². The van der Waals surface area contributed by atoms with Crippen molar-refractivity contribution in [3.8, 4) is 28.7 Å². The zero-order valence-electron chi connectivity index (χ0n) is 16.0. The second kappa shape index (κ2) is 7.50. The highest BCUT2D eigenvalue weighted by Gasteiger charge is 2.21. The van der Waals surface area contributed by atoms with Crippen molar-refractivity contribution in [1.82, 2.24) is 20.1 Å². The first kappa shape index (κ1) is 18.7. The molecule has 31 heavy (non-hydrogen) atoms. The molecule has 0 spiro atoms. The Morgan fingerprint density at radius 3 is 2.90 bits per heavy atom. The normalized spacial score (nSPS) is 12.6. The van der Waals surface area contributed by atoms with Crippen molar-refractivity contribution in [2.75, 3.05) is 0 Å². The van der Waals surface area contributed by atoms with Gasteiger partial charge in [0.05, 0.1) is 47.9 Å². The van der Waals surface area contributed by atoms with Crippen LogP contribution in [-0.2, 0) is 13.1 Å². The molecular weight excluding hydrogens is 402 g/mol. The van der Waals surface area contributed by atoms with Gasteiger partial charge in [-0.3, -0.25) is 5.01 Å². The maximum absolute atomic E-state index is 14.1. The summed E-state index contributed by atoms with van der Waals surface area (Å²) in [7, 11) is 0.